The van der Waals surface area contributed by atoms with Gasteiger partial charge in [-0.1, -0.05) is 12.1 Å². The highest BCUT2D eigenvalue weighted by Crippen LogP contribution is 2.32. The van der Waals surface area contributed by atoms with Crippen molar-refractivity contribution >= 4 is 40.2 Å². The van der Waals surface area contributed by atoms with Gasteiger partial charge < -0.3 is 19.5 Å². The summed E-state index contributed by atoms with van der Waals surface area (Å²) < 4.78 is 16.9. The van der Waals surface area contributed by atoms with Crippen LogP contribution in [0.3, 0.4) is 0 Å². The number of amides is 1. The van der Waals surface area contributed by atoms with E-state index in [4.69, 9.17) is 14.2 Å². The van der Waals surface area contributed by atoms with Gasteiger partial charge in [-0.2, -0.15) is 0 Å². The van der Waals surface area contributed by atoms with Crippen molar-refractivity contribution in [3.8, 4) is 11.5 Å². The molecular formula is C18H16INO5. The van der Waals surface area contributed by atoms with Gasteiger partial charge in [0.05, 0.1) is 5.56 Å². The van der Waals surface area contributed by atoms with Crippen LogP contribution < -0.4 is 14.8 Å². The van der Waals surface area contributed by atoms with E-state index in [0.29, 0.717) is 36.0 Å². The molecule has 0 saturated heterocycles. The van der Waals surface area contributed by atoms with Gasteiger partial charge in [-0.25, -0.2) is 4.79 Å². The Morgan fingerprint density at radius 2 is 1.84 bits per heavy atom. The summed E-state index contributed by atoms with van der Waals surface area (Å²) in [7, 11) is 0. The van der Waals surface area contributed by atoms with Crippen LogP contribution in [0.4, 0.5) is 5.69 Å². The molecule has 25 heavy (non-hydrogen) atoms. The van der Waals surface area contributed by atoms with E-state index in [-0.39, 0.29) is 0 Å². The number of hydrogen-bond acceptors (Lipinski definition) is 5. The molecule has 1 heterocycles. The zero-order valence-electron chi connectivity index (χ0n) is 13.5. The van der Waals surface area contributed by atoms with Crippen LogP contribution >= 0.6 is 22.6 Å². The third-order valence-electron chi connectivity index (χ3n) is 3.56. The van der Waals surface area contributed by atoms with Gasteiger partial charge in [-0.05, 0) is 53.8 Å². The monoisotopic (exact) mass is 453 g/mol. The van der Waals surface area contributed by atoms with Crippen molar-refractivity contribution in [3.63, 3.8) is 0 Å². The van der Waals surface area contributed by atoms with Crippen LogP contribution in [-0.2, 0) is 9.53 Å². The number of carbonyl (C=O) groups is 2. The number of ether oxygens (including phenoxy) is 3. The lowest BCUT2D eigenvalue weighted by Crippen LogP contribution is -2.30. The van der Waals surface area contributed by atoms with Crippen LogP contribution in [0.5, 0.6) is 11.5 Å². The Kier molecular flexibility index (Phi) is 5.42. The fourth-order valence-corrected chi connectivity index (χ4v) is 2.88. The molecule has 1 aliphatic heterocycles. The van der Waals surface area contributed by atoms with Gasteiger partial charge in [0.25, 0.3) is 5.91 Å². The van der Waals surface area contributed by atoms with Crippen molar-refractivity contribution in [3.05, 3.63) is 51.6 Å². The molecule has 3 rings (SSSR count). The van der Waals surface area contributed by atoms with Crippen LogP contribution in [0.15, 0.2) is 42.5 Å². The minimum Gasteiger partial charge on any atom is -0.486 e. The number of anilines is 1. The molecule has 1 aliphatic rings. The molecule has 0 bridgehead atoms. The van der Waals surface area contributed by atoms with Gasteiger partial charge >= 0.3 is 5.97 Å². The predicted octanol–water partition coefficient (Wildman–Crippen LogP) is 3.25. The Morgan fingerprint density at radius 3 is 2.60 bits per heavy atom. The largest absolute Gasteiger partial charge is 0.486 e. The van der Waals surface area contributed by atoms with Crippen LogP contribution in [-0.4, -0.2) is 31.2 Å². The van der Waals surface area contributed by atoms with Crippen molar-refractivity contribution in [2.75, 3.05) is 18.5 Å². The first-order valence-electron chi connectivity index (χ1n) is 7.70. The Balaban J connectivity index is 1.63. The average molecular weight is 453 g/mol. The molecule has 0 radical (unpaired) electrons. The second kappa shape index (κ2) is 7.73. The topological polar surface area (TPSA) is 73.9 Å². The number of carbonyl (C=O) groups excluding carboxylic acids is 2. The van der Waals surface area contributed by atoms with Crippen molar-refractivity contribution in [1.82, 2.24) is 0 Å². The van der Waals surface area contributed by atoms with Crippen LogP contribution in [0, 0.1) is 3.57 Å². The molecule has 0 unspecified atom stereocenters. The number of halogens is 1. The predicted molar refractivity (Wildman–Crippen MR) is 100 cm³/mol. The molecule has 2 aromatic rings. The van der Waals surface area contributed by atoms with E-state index in [1.54, 1.807) is 36.4 Å². The van der Waals surface area contributed by atoms with Gasteiger partial charge in [0.15, 0.2) is 17.6 Å². The highest BCUT2D eigenvalue weighted by molar-refractivity contribution is 14.1. The highest BCUT2D eigenvalue weighted by atomic mass is 127. The summed E-state index contributed by atoms with van der Waals surface area (Å²) in [6.45, 7) is 2.50. The van der Waals surface area contributed by atoms with Crippen LogP contribution in [0.1, 0.15) is 17.3 Å². The standard InChI is InChI=1S/C18H16INO5/c1-11(25-18(22)13-4-2-3-5-14(13)19)17(21)20-12-6-7-15-16(10-12)24-9-8-23-15/h2-7,10-11H,8-9H2,1H3,(H,20,21)/t11-/m1/s1. The summed E-state index contributed by atoms with van der Waals surface area (Å²) >= 11 is 2.05. The maximum absolute atomic E-state index is 12.3. The molecular weight excluding hydrogens is 437 g/mol. The van der Waals surface area contributed by atoms with E-state index in [0.717, 1.165) is 3.57 Å². The summed E-state index contributed by atoms with van der Waals surface area (Å²) in [5, 5.41) is 2.71. The Morgan fingerprint density at radius 1 is 1.12 bits per heavy atom. The Hall–Kier alpha value is -2.29. The lowest BCUT2D eigenvalue weighted by atomic mass is 10.2. The van der Waals surface area contributed by atoms with Gasteiger partial charge in [0.1, 0.15) is 13.2 Å². The van der Waals surface area contributed by atoms with Crippen molar-refractivity contribution < 1.29 is 23.8 Å². The minimum atomic E-state index is -0.934. The van der Waals surface area contributed by atoms with Crippen LogP contribution in [0.25, 0.3) is 0 Å². The number of fused-ring (bicyclic) bond motifs is 1. The second-order valence-electron chi connectivity index (χ2n) is 5.38. The first-order valence-corrected chi connectivity index (χ1v) is 8.78. The van der Waals surface area contributed by atoms with Crippen molar-refractivity contribution in [2.24, 2.45) is 0 Å². The summed E-state index contributed by atoms with van der Waals surface area (Å²) in [4.78, 5) is 24.5. The molecule has 7 heteroatoms. The van der Waals surface area contributed by atoms with Crippen molar-refractivity contribution in [2.45, 2.75) is 13.0 Å². The molecule has 1 N–H and O–H groups in total. The van der Waals surface area contributed by atoms with E-state index in [2.05, 4.69) is 27.9 Å². The van der Waals surface area contributed by atoms with E-state index in [9.17, 15) is 9.59 Å². The lowest BCUT2D eigenvalue weighted by Gasteiger charge is -2.19. The number of esters is 1. The summed E-state index contributed by atoms with van der Waals surface area (Å²) in [5.41, 5.74) is 0.980. The van der Waals surface area contributed by atoms with E-state index in [1.165, 1.54) is 6.92 Å². The zero-order valence-corrected chi connectivity index (χ0v) is 15.6. The highest BCUT2D eigenvalue weighted by Gasteiger charge is 2.21. The molecule has 0 aromatic heterocycles. The molecule has 1 amide bonds. The number of benzene rings is 2. The first-order chi connectivity index (χ1) is 12.0. The average Bonchev–Trinajstić information content (AvgIpc) is 2.61. The number of nitrogens with one attached hydrogen (secondary N) is 1. The maximum atomic E-state index is 12.3. The third-order valence-corrected chi connectivity index (χ3v) is 4.50. The lowest BCUT2D eigenvalue weighted by molar-refractivity contribution is -0.123. The molecule has 0 aliphatic carbocycles. The van der Waals surface area contributed by atoms with E-state index in [1.807, 2.05) is 6.07 Å². The SMILES string of the molecule is C[C@@H](OC(=O)c1ccccc1I)C(=O)Nc1ccc2c(c1)OCCO2. The Bertz CT molecular complexity index is 808. The summed E-state index contributed by atoms with van der Waals surface area (Å²) in [6.07, 6.45) is -0.934. The molecule has 0 saturated carbocycles. The molecule has 0 fully saturated rings. The third kappa shape index (κ3) is 4.22. The van der Waals surface area contributed by atoms with Gasteiger partial charge in [-0.15, -0.1) is 0 Å². The minimum absolute atomic E-state index is 0.420. The van der Waals surface area contributed by atoms with Gasteiger partial charge in [0, 0.05) is 15.3 Å². The normalized spacial score (nSPS) is 13.7. The molecule has 2 aromatic carbocycles. The van der Waals surface area contributed by atoms with E-state index < -0.39 is 18.0 Å². The van der Waals surface area contributed by atoms with Crippen LogP contribution in [0.2, 0.25) is 0 Å². The Labute approximate surface area is 158 Å². The number of rotatable bonds is 4. The molecule has 1 atom stereocenters. The quantitative estimate of drug-likeness (QED) is 0.569. The fraction of sp³-hybridized carbons (Fsp3) is 0.222. The molecule has 0 spiro atoms. The maximum Gasteiger partial charge on any atom is 0.339 e. The molecule has 6 nitrogen and oxygen atoms in total. The first kappa shape index (κ1) is 17.5. The smallest absolute Gasteiger partial charge is 0.339 e. The molecule has 130 valence electrons. The van der Waals surface area contributed by atoms with Crippen molar-refractivity contribution in [1.29, 1.82) is 0 Å². The summed E-state index contributed by atoms with van der Waals surface area (Å²) in [6, 6.07) is 12.2. The number of hydrogen-bond donors (Lipinski definition) is 1. The van der Waals surface area contributed by atoms with E-state index >= 15 is 0 Å². The fourth-order valence-electron chi connectivity index (χ4n) is 2.27. The second-order valence-corrected chi connectivity index (χ2v) is 6.54. The van der Waals surface area contributed by atoms with Gasteiger partial charge in [0.2, 0.25) is 0 Å². The zero-order chi connectivity index (χ0) is 17.8. The van der Waals surface area contributed by atoms with Gasteiger partial charge in [-0.3, -0.25) is 4.79 Å². The summed E-state index contributed by atoms with van der Waals surface area (Å²) in [5.74, 6) is 0.265.